The van der Waals surface area contributed by atoms with Crippen molar-refractivity contribution in [3.8, 4) is 0 Å². The third-order valence-electron chi connectivity index (χ3n) is 2.78. The Morgan fingerprint density at radius 1 is 0.895 bits per heavy atom. The van der Waals surface area contributed by atoms with Crippen LogP contribution in [-0.4, -0.2) is 0 Å². The molecule has 0 fully saturated rings. The predicted octanol–water partition coefficient (Wildman–Crippen LogP) is 4.92. The lowest BCUT2D eigenvalue weighted by Gasteiger charge is -2.00. The van der Waals surface area contributed by atoms with Gasteiger partial charge in [-0.05, 0) is 77.7 Å². The maximum absolute atomic E-state index is 12.7. The van der Waals surface area contributed by atoms with E-state index in [-0.39, 0.29) is 11.6 Å². The second-order valence-corrected chi connectivity index (χ2v) is 5.21. The van der Waals surface area contributed by atoms with Gasteiger partial charge in [-0.15, -0.1) is 0 Å². The molecule has 0 radical (unpaired) electrons. The summed E-state index contributed by atoms with van der Waals surface area (Å²) in [4.78, 5) is 0. The topological polar surface area (TPSA) is 26.0 Å². The lowest BCUT2D eigenvalue weighted by Crippen LogP contribution is -1.89. The summed E-state index contributed by atoms with van der Waals surface area (Å²) in [5, 5.41) is 0. The molecule has 0 amide bonds. The first kappa shape index (κ1) is 15.6. The standard InChI is InChI=1S/C8H8BrF.C7H8FN/c1-5-3-7(9)8(10)4-6(5)2;1-5-2-3-6(8)4-7(5)9/h3-4H,1-2H3;2-4H,9H2,1H3. The molecule has 0 aliphatic rings. The summed E-state index contributed by atoms with van der Waals surface area (Å²) in [5.41, 5.74) is 8.89. The van der Waals surface area contributed by atoms with E-state index < -0.39 is 0 Å². The van der Waals surface area contributed by atoms with Gasteiger partial charge in [0, 0.05) is 5.69 Å². The molecule has 102 valence electrons. The largest absolute Gasteiger partial charge is 0.398 e. The van der Waals surface area contributed by atoms with Crippen molar-refractivity contribution in [2.45, 2.75) is 20.8 Å². The molecule has 2 N–H and O–H groups in total. The van der Waals surface area contributed by atoms with Gasteiger partial charge < -0.3 is 5.73 Å². The molecular formula is C15H16BrF2N. The maximum atomic E-state index is 12.7. The fraction of sp³-hybridized carbons (Fsp3) is 0.200. The van der Waals surface area contributed by atoms with Crippen molar-refractivity contribution in [1.29, 1.82) is 0 Å². The molecule has 0 bridgehead atoms. The Labute approximate surface area is 120 Å². The summed E-state index contributed by atoms with van der Waals surface area (Å²) in [6.45, 7) is 5.69. The van der Waals surface area contributed by atoms with Gasteiger partial charge in [0.15, 0.2) is 0 Å². The van der Waals surface area contributed by atoms with Gasteiger partial charge in [-0.2, -0.15) is 0 Å². The average molecular weight is 328 g/mol. The summed E-state index contributed by atoms with van der Waals surface area (Å²) in [6, 6.07) is 7.68. The van der Waals surface area contributed by atoms with Crippen molar-refractivity contribution in [3.05, 3.63) is 63.1 Å². The minimum Gasteiger partial charge on any atom is -0.398 e. The van der Waals surface area contributed by atoms with Gasteiger partial charge >= 0.3 is 0 Å². The zero-order chi connectivity index (χ0) is 14.6. The van der Waals surface area contributed by atoms with Crippen LogP contribution >= 0.6 is 15.9 Å². The molecule has 0 aromatic heterocycles. The van der Waals surface area contributed by atoms with Crippen molar-refractivity contribution in [2.24, 2.45) is 0 Å². The smallest absolute Gasteiger partial charge is 0.137 e. The summed E-state index contributed by atoms with van der Waals surface area (Å²) in [7, 11) is 0. The number of rotatable bonds is 0. The highest BCUT2D eigenvalue weighted by Crippen LogP contribution is 2.19. The van der Waals surface area contributed by atoms with E-state index in [1.165, 1.54) is 18.2 Å². The summed E-state index contributed by atoms with van der Waals surface area (Å²) in [6.07, 6.45) is 0. The van der Waals surface area contributed by atoms with Crippen LogP contribution in [0.3, 0.4) is 0 Å². The molecule has 0 heterocycles. The molecule has 1 nitrogen and oxygen atoms in total. The second kappa shape index (κ2) is 6.66. The van der Waals surface area contributed by atoms with E-state index in [0.29, 0.717) is 10.2 Å². The maximum Gasteiger partial charge on any atom is 0.137 e. The Morgan fingerprint density at radius 2 is 1.47 bits per heavy atom. The van der Waals surface area contributed by atoms with Crippen molar-refractivity contribution < 1.29 is 8.78 Å². The number of halogens is 3. The average Bonchev–Trinajstić information content (AvgIpc) is 2.33. The van der Waals surface area contributed by atoms with Crippen molar-refractivity contribution in [2.75, 3.05) is 5.73 Å². The Balaban J connectivity index is 0.000000191. The zero-order valence-electron chi connectivity index (χ0n) is 11.1. The van der Waals surface area contributed by atoms with Crippen LogP contribution in [0, 0.1) is 32.4 Å². The Bertz CT molecular complexity index is 532. The first-order valence-corrected chi connectivity index (χ1v) is 6.54. The van der Waals surface area contributed by atoms with Gasteiger partial charge in [-0.25, -0.2) is 8.78 Å². The number of aryl methyl sites for hydroxylation is 3. The third kappa shape index (κ3) is 4.63. The highest BCUT2D eigenvalue weighted by atomic mass is 79.9. The van der Waals surface area contributed by atoms with E-state index in [1.807, 2.05) is 20.8 Å². The SMILES string of the molecule is Cc1cc(F)c(Br)cc1C.Cc1ccc(F)cc1N. The number of nitrogens with two attached hydrogens (primary N) is 1. The van der Waals surface area contributed by atoms with Gasteiger partial charge in [-0.3, -0.25) is 0 Å². The van der Waals surface area contributed by atoms with E-state index in [4.69, 9.17) is 5.73 Å². The number of hydrogen-bond acceptors (Lipinski definition) is 1. The number of benzene rings is 2. The third-order valence-corrected chi connectivity index (χ3v) is 3.39. The molecule has 4 heteroatoms. The van der Waals surface area contributed by atoms with Gasteiger partial charge in [0.1, 0.15) is 11.6 Å². The summed E-state index contributed by atoms with van der Waals surface area (Å²) in [5.74, 6) is -0.471. The van der Waals surface area contributed by atoms with Gasteiger partial charge in [0.25, 0.3) is 0 Å². The van der Waals surface area contributed by atoms with Crippen LogP contribution in [0.25, 0.3) is 0 Å². The fourth-order valence-corrected chi connectivity index (χ4v) is 1.81. The lowest BCUT2D eigenvalue weighted by molar-refractivity contribution is 0.619. The number of nitrogen functional groups attached to an aromatic ring is 1. The van der Waals surface area contributed by atoms with E-state index in [0.717, 1.165) is 16.7 Å². The molecule has 19 heavy (non-hydrogen) atoms. The first-order valence-electron chi connectivity index (χ1n) is 5.75. The predicted molar refractivity (Wildman–Crippen MR) is 79.1 cm³/mol. The molecule has 0 saturated heterocycles. The highest BCUT2D eigenvalue weighted by Gasteiger charge is 2.00. The summed E-state index contributed by atoms with van der Waals surface area (Å²) >= 11 is 3.11. The highest BCUT2D eigenvalue weighted by molar-refractivity contribution is 9.10. The minimum absolute atomic E-state index is 0.192. The number of anilines is 1. The summed E-state index contributed by atoms with van der Waals surface area (Å²) < 4.78 is 25.5. The molecule has 0 unspecified atom stereocenters. The normalized spacial score (nSPS) is 9.79. The molecule has 0 aliphatic carbocycles. The van der Waals surface area contributed by atoms with E-state index in [2.05, 4.69) is 15.9 Å². The fourth-order valence-electron chi connectivity index (χ4n) is 1.36. The molecular weight excluding hydrogens is 312 g/mol. The van der Waals surface area contributed by atoms with Crippen LogP contribution in [0.4, 0.5) is 14.5 Å². The van der Waals surface area contributed by atoms with Crippen LogP contribution in [0.5, 0.6) is 0 Å². The van der Waals surface area contributed by atoms with E-state index in [9.17, 15) is 8.78 Å². The van der Waals surface area contributed by atoms with Gasteiger partial charge in [-0.1, -0.05) is 6.07 Å². The number of hydrogen-bond donors (Lipinski definition) is 1. The van der Waals surface area contributed by atoms with E-state index >= 15 is 0 Å². The van der Waals surface area contributed by atoms with Crippen LogP contribution in [0.2, 0.25) is 0 Å². The van der Waals surface area contributed by atoms with Crippen LogP contribution in [0.1, 0.15) is 16.7 Å². The van der Waals surface area contributed by atoms with Crippen molar-refractivity contribution in [3.63, 3.8) is 0 Å². The molecule has 0 aliphatic heterocycles. The van der Waals surface area contributed by atoms with E-state index in [1.54, 1.807) is 12.1 Å². The van der Waals surface area contributed by atoms with Crippen LogP contribution < -0.4 is 5.73 Å². The minimum atomic E-state index is -0.280. The monoisotopic (exact) mass is 327 g/mol. The van der Waals surface area contributed by atoms with Crippen molar-refractivity contribution in [1.82, 2.24) is 0 Å². The molecule has 0 spiro atoms. The Kier molecular flexibility index (Phi) is 5.48. The molecule has 0 saturated carbocycles. The molecule has 2 aromatic carbocycles. The van der Waals surface area contributed by atoms with Crippen LogP contribution in [-0.2, 0) is 0 Å². The first-order chi connectivity index (χ1) is 8.81. The Morgan fingerprint density at radius 3 is 1.95 bits per heavy atom. The zero-order valence-corrected chi connectivity index (χ0v) is 12.7. The van der Waals surface area contributed by atoms with Crippen LogP contribution in [0.15, 0.2) is 34.8 Å². The van der Waals surface area contributed by atoms with Gasteiger partial charge in [0.2, 0.25) is 0 Å². The second-order valence-electron chi connectivity index (χ2n) is 4.35. The molecule has 2 rings (SSSR count). The van der Waals surface area contributed by atoms with Gasteiger partial charge in [0.05, 0.1) is 4.47 Å². The van der Waals surface area contributed by atoms with Crippen molar-refractivity contribution >= 4 is 21.6 Å². The Hall–Kier alpha value is -1.42. The lowest BCUT2D eigenvalue weighted by atomic mass is 10.1. The molecule has 0 atom stereocenters. The quantitative estimate of drug-likeness (QED) is 0.683. The molecule has 2 aromatic rings.